The van der Waals surface area contributed by atoms with Crippen molar-refractivity contribution in [3.05, 3.63) is 35.4 Å². The molecule has 2 nitrogen and oxygen atoms in total. The molecule has 1 atom stereocenters. The molecular formula is C18H32N2. The van der Waals surface area contributed by atoms with Crippen molar-refractivity contribution in [1.29, 1.82) is 0 Å². The van der Waals surface area contributed by atoms with Crippen LogP contribution in [-0.2, 0) is 6.42 Å². The highest BCUT2D eigenvalue weighted by Gasteiger charge is 2.14. The Balaban J connectivity index is 2.64. The number of rotatable bonds is 8. The lowest BCUT2D eigenvalue weighted by Gasteiger charge is -2.29. The van der Waals surface area contributed by atoms with E-state index < -0.39 is 0 Å². The number of benzene rings is 1. The van der Waals surface area contributed by atoms with Crippen LogP contribution < -0.4 is 5.73 Å². The molecule has 0 aliphatic carbocycles. The summed E-state index contributed by atoms with van der Waals surface area (Å²) >= 11 is 0. The molecule has 0 radical (unpaired) electrons. The SMILES string of the molecule is CCCN(CC(N)c1ccc(CC(C)C)cc1)C(C)C. The fourth-order valence-electron chi connectivity index (χ4n) is 2.58. The molecule has 1 aromatic rings. The molecule has 2 N–H and O–H groups in total. The van der Waals surface area contributed by atoms with Gasteiger partial charge in [0.2, 0.25) is 0 Å². The van der Waals surface area contributed by atoms with E-state index in [1.165, 1.54) is 17.5 Å². The largest absolute Gasteiger partial charge is 0.323 e. The summed E-state index contributed by atoms with van der Waals surface area (Å²) in [5.41, 5.74) is 9.03. The summed E-state index contributed by atoms with van der Waals surface area (Å²) in [6, 6.07) is 9.53. The summed E-state index contributed by atoms with van der Waals surface area (Å²) in [6.45, 7) is 13.3. The zero-order chi connectivity index (χ0) is 15.1. The van der Waals surface area contributed by atoms with E-state index in [0.29, 0.717) is 12.0 Å². The molecule has 0 amide bonds. The smallest absolute Gasteiger partial charge is 0.0424 e. The first-order valence-corrected chi connectivity index (χ1v) is 8.02. The molecule has 0 bridgehead atoms. The third-order valence-electron chi connectivity index (χ3n) is 3.72. The van der Waals surface area contributed by atoms with Crippen LogP contribution in [0.2, 0.25) is 0 Å². The van der Waals surface area contributed by atoms with Gasteiger partial charge >= 0.3 is 0 Å². The van der Waals surface area contributed by atoms with Gasteiger partial charge in [-0.05, 0) is 50.3 Å². The Morgan fingerprint density at radius 2 is 1.65 bits per heavy atom. The van der Waals surface area contributed by atoms with Crippen molar-refractivity contribution in [2.75, 3.05) is 13.1 Å². The van der Waals surface area contributed by atoms with Crippen molar-refractivity contribution in [2.24, 2.45) is 11.7 Å². The number of hydrogen-bond donors (Lipinski definition) is 1. The minimum absolute atomic E-state index is 0.108. The summed E-state index contributed by atoms with van der Waals surface area (Å²) in [5.74, 6) is 0.704. The topological polar surface area (TPSA) is 29.3 Å². The summed E-state index contributed by atoms with van der Waals surface area (Å²) in [4.78, 5) is 2.46. The Morgan fingerprint density at radius 3 is 2.10 bits per heavy atom. The Bertz CT molecular complexity index is 368. The fraction of sp³-hybridized carbons (Fsp3) is 0.667. The van der Waals surface area contributed by atoms with Gasteiger partial charge in [-0.2, -0.15) is 0 Å². The van der Waals surface area contributed by atoms with Crippen molar-refractivity contribution in [3.8, 4) is 0 Å². The van der Waals surface area contributed by atoms with Gasteiger partial charge in [-0.1, -0.05) is 45.0 Å². The highest BCUT2D eigenvalue weighted by Crippen LogP contribution is 2.16. The van der Waals surface area contributed by atoms with E-state index in [0.717, 1.165) is 19.5 Å². The van der Waals surface area contributed by atoms with Crippen molar-refractivity contribution < 1.29 is 0 Å². The lowest BCUT2D eigenvalue weighted by Crippen LogP contribution is -2.37. The molecule has 114 valence electrons. The maximum atomic E-state index is 6.37. The monoisotopic (exact) mass is 276 g/mol. The van der Waals surface area contributed by atoms with Gasteiger partial charge in [0.1, 0.15) is 0 Å². The molecule has 2 heteroatoms. The molecule has 1 rings (SSSR count). The van der Waals surface area contributed by atoms with Gasteiger partial charge in [-0.25, -0.2) is 0 Å². The van der Waals surface area contributed by atoms with Crippen LogP contribution in [0.25, 0.3) is 0 Å². The molecule has 1 unspecified atom stereocenters. The van der Waals surface area contributed by atoms with E-state index in [4.69, 9.17) is 5.73 Å². The Kier molecular flexibility index (Phi) is 7.25. The van der Waals surface area contributed by atoms with Gasteiger partial charge in [-0.15, -0.1) is 0 Å². The lowest BCUT2D eigenvalue weighted by atomic mass is 9.99. The zero-order valence-corrected chi connectivity index (χ0v) is 13.9. The molecule has 0 fully saturated rings. The Labute approximate surface area is 125 Å². The van der Waals surface area contributed by atoms with E-state index in [2.05, 4.69) is 63.8 Å². The molecule has 0 saturated heterocycles. The molecule has 0 spiro atoms. The van der Waals surface area contributed by atoms with Crippen molar-refractivity contribution >= 4 is 0 Å². The summed E-state index contributed by atoms with van der Waals surface area (Å²) in [7, 11) is 0. The number of hydrogen-bond acceptors (Lipinski definition) is 2. The summed E-state index contributed by atoms with van der Waals surface area (Å²) in [5, 5.41) is 0. The van der Waals surface area contributed by atoms with Gasteiger partial charge < -0.3 is 5.73 Å². The van der Waals surface area contributed by atoms with Gasteiger partial charge in [-0.3, -0.25) is 4.90 Å². The second-order valence-electron chi connectivity index (χ2n) is 6.53. The molecule has 0 heterocycles. The first kappa shape index (κ1) is 17.2. The van der Waals surface area contributed by atoms with Crippen molar-refractivity contribution in [3.63, 3.8) is 0 Å². The minimum atomic E-state index is 0.108. The maximum absolute atomic E-state index is 6.37. The van der Waals surface area contributed by atoms with Gasteiger partial charge in [0, 0.05) is 18.6 Å². The Morgan fingerprint density at radius 1 is 1.05 bits per heavy atom. The van der Waals surface area contributed by atoms with Crippen LogP contribution in [-0.4, -0.2) is 24.0 Å². The second kappa shape index (κ2) is 8.43. The van der Waals surface area contributed by atoms with Crippen LogP contribution in [0, 0.1) is 5.92 Å². The summed E-state index contributed by atoms with van der Waals surface area (Å²) in [6.07, 6.45) is 2.32. The average molecular weight is 276 g/mol. The quantitative estimate of drug-likeness (QED) is 0.777. The zero-order valence-electron chi connectivity index (χ0n) is 13.9. The fourth-order valence-corrected chi connectivity index (χ4v) is 2.58. The van der Waals surface area contributed by atoms with Crippen molar-refractivity contribution in [2.45, 2.75) is 59.5 Å². The second-order valence-corrected chi connectivity index (χ2v) is 6.53. The van der Waals surface area contributed by atoms with Gasteiger partial charge in [0.05, 0.1) is 0 Å². The van der Waals surface area contributed by atoms with Gasteiger partial charge in [0.25, 0.3) is 0 Å². The summed E-state index contributed by atoms with van der Waals surface area (Å²) < 4.78 is 0. The molecule has 20 heavy (non-hydrogen) atoms. The molecular weight excluding hydrogens is 244 g/mol. The van der Waals surface area contributed by atoms with Gasteiger partial charge in [0.15, 0.2) is 0 Å². The van der Waals surface area contributed by atoms with Crippen LogP contribution in [0.15, 0.2) is 24.3 Å². The van der Waals surface area contributed by atoms with E-state index in [1.54, 1.807) is 0 Å². The molecule has 0 aliphatic heterocycles. The average Bonchev–Trinajstić information content (AvgIpc) is 2.38. The van der Waals surface area contributed by atoms with Crippen LogP contribution in [0.1, 0.15) is 58.2 Å². The molecule has 1 aromatic carbocycles. The Hall–Kier alpha value is -0.860. The van der Waals surface area contributed by atoms with Crippen LogP contribution in [0.4, 0.5) is 0 Å². The van der Waals surface area contributed by atoms with Crippen LogP contribution in [0.3, 0.4) is 0 Å². The minimum Gasteiger partial charge on any atom is -0.323 e. The predicted molar refractivity (Wildman–Crippen MR) is 88.9 cm³/mol. The molecule has 0 aromatic heterocycles. The van der Waals surface area contributed by atoms with E-state index in [1.807, 2.05) is 0 Å². The van der Waals surface area contributed by atoms with E-state index in [9.17, 15) is 0 Å². The third kappa shape index (κ3) is 5.64. The third-order valence-corrected chi connectivity index (χ3v) is 3.72. The van der Waals surface area contributed by atoms with E-state index in [-0.39, 0.29) is 6.04 Å². The van der Waals surface area contributed by atoms with Crippen molar-refractivity contribution in [1.82, 2.24) is 4.90 Å². The normalized spacial score (nSPS) is 13.4. The van der Waals surface area contributed by atoms with Crippen LogP contribution >= 0.6 is 0 Å². The molecule has 0 aliphatic rings. The van der Waals surface area contributed by atoms with E-state index >= 15 is 0 Å². The first-order valence-electron chi connectivity index (χ1n) is 8.02. The maximum Gasteiger partial charge on any atom is 0.0424 e. The number of nitrogens with zero attached hydrogens (tertiary/aromatic N) is 1. The highest BCUT2D eigenvalue weighted by molar-refractivity contribution is 5.25. The predicted octanol–water partition coefficient (Wildman–Crippen LogP) is 4.01. The molecule has 0 saturated carbocycles. The lowest BCUT2D eigenvalue weighted by molar-refractivity contribution is 0.209. The highest BCUT2D eigenvalue weighted by atomic mass is 15.2. The standard InChI is InChI=1S/C18H32N2/c1-6-11-20(15(4)5)13-18(19)17-9-7-16(8-10-17)12-14(2)3/h7-10,14-15,18H,6,11-13,19H2,1-5H3. The number of nitrogens with two attached hydrogens (primary N) is 1. The first-order chi connectivity index (χ1) is 9.43. The van der Waals surface area contributed by atoms with Crippen LogP contribution in [0.5, 0.6) is 0 Å².